The van der Waals surface area contributed by atoms with Crippen molar-refractivity contribution in [3.63, 3.8) is 0 Å². The Morgan fingerprint density at radius 2 is 1.89 bits per heavy atom. The van der Waals surface area contributed by atoms with Gasteiger partial charge in [0, 0.05) is 62.9 Å². The highest BCUT2D eigenvalue weighted by Gasteiger charge is 2.59. The monoisotopic (exact) mass is 372 g/mol. The lowest BCUT2D eigenvalue weighted by atomic mass is 9.57. The fraction of sp³-hybridized carbons (Fsp3) is 0.667. The molecule has 27 heavy (non-hydrogen) atoms. The van der Waals surface area contributed by atoms with E-state index in [1.54, 1.807) is 7.11 Å². The van der Waals surface area contributed by atoms with Crippen LogP contribution in [0.5, 0.6) is 5.75 Å². The molecule has 1 aliphatic carbocycles. The molecule has 6 nitrogen and oxygen atoms in total. The standard InChI is InChI=1S/C21H32N4O2/c1-21(2)18(17-9-14-27-19(17)21)23-20(22-3)25-12-10-24(11-13-25)15-5-7-16(26-4)8-6-15/h5-8,17-19H,9-14H2,1-4H3,(H,22,23). The molecule has 2 saturated heterocycles. The first-order valence-corrected chi connectivity index (χ1v) is 10.0. The van der Waals surface area contributed by atoms with Gasteiger partial charge >= 0.3 is 0 Å². The van der Waals surface area contributed by atoms with E-state index in [4.69, 9.17) is 9.47 Å². The minimum Gasteiger partial charge on any atom is -0.497 e. The van der Waals surface area contributed by atoms with Gasteiger partial charge in [-0.1, -0.05) is 13.8 Å². The minimum atomic E-state index is 0.169. The molecule has 3 unspecified atom stereocenters. The predicted molar refractivity (Wildman–Crippen MR) is 109 cm³/mol. The molecule has 0 amide bonds. The van der Waals surface area contributed by atoms with Crippen LogP contribution >= 0.6 is 0 Å². The van der Waals surface area contributed by atoms with Crippen molar-refractivity contribution in [3.05, 3.63) is 24.3 Å². The van der Waals surface area contributed by atoms with Crippen molar-refractivity contribution in [2.45, 2.75) is 32.4 Å². The van der Waals surface area contributed by atoms with E-state index in [1.165, 1.54) is 5.69 Å². The molecule has 0 radical (unpaired) electrons. The van der Waals surface area contributed by atoms with Gasteiger partial charge in [0.2, 0.25) is 0 Å². The average molecular weight is 373 g/mol. The lowest BCUT2D eigenvalue weighted by Gasteiger charge is -2.55. The number of aliphatic imine (C=N–C) groups is 1. The number of rotatable bonds is 3. The Morgan fingerprint density at radius 1 is 1.19 bits per heavy atom. The zero-order chi connectivity index (χ0) is 19.0. The lowest BCUT2D eigenvalue weighted by molar-refractivity contribution is -0.107. The summed E-state index contributed by atoms with van der Waals surface area (Å²) in [4.78, 5) is 9.41. The maximum Gasteiger partial charge on any atom is 0.194 e. The maximum absolute atomic E-state index is 5.93. The van der Waals surface area contributed by atoms with E-state index < -0.39 is 0 Å². The van der Waals surface area contributed by atoms with Gasteiger partial charge in [0.25, 0.3) is 0 Å². The number of ether oxygens (including phenoxy) is 2. The van der Waals surface area contributed by atoms with Crippen LogP contribution in [0.4, 0.5) is 5.69 Å². The molecular formula is C21H32N4O2. The number of nitrogens with one attached hydrogen (secondary N) is 1. The first-order chi connectivity index (χ1) is 13.0. The Kier molecular flexibility index (Phi) is 4.93. The van der Waals surface area contributed by atoms with E-state index in [9.17, 15) is 0 Å². The number of methoxy groups -OCH3 is 1. The third kappa shape index (κ3) is 3.24. The number of fused-ring (bicyclic) bond motifs is 1. The molecule has 3 fully saturated rings. The summed E-state index contributed by atoms with van der Waals surface area (Å²) >= 11 is 0. The molecule has 4 rings (SSSR count). The lowest BCUT2D eigenvalue weighted by Crippen LogP contribution is -2.68. The molecule has 1 aromatic carbocycles. The van der Waals surface area contributed by atoms with Crippen molar-refractivity contribution in [1.29, 1.82) is 0 Å². The highest BCUT2D eigenvalue weighted by Crippen LogP contribution is 2.52. The van der Waals surface area contributed by atoms with E-state index in [1.807, 2.05) is 19.2 Å². The van der Waals surface area contributed by atoms with Crippen molar-refractivity contribution < 1.29 is 9.47 Å². The number of benzene rings is 1. The second-order valence-corrected chi connectivity index (χ2v) is 8.41. The van der Waals surface area contributed by atoms with E-state index in [2.05, 4.69) is 46.1 Å². The van der Waals surface area contributed by atoms with E-state index in [-0.39, 0.29) is 5.41 Å². The predicted octanol–water partition coefficient (Wildman–Crippen LogP) is 2.21. The highest BCUT2D eigenvalue weighted by atomic mass is 16.5. The van der Waals surface area contributed by atoms with Gasteiger partial charge in [-0.05, 0) is 30.7 Å². The van der Waals surface area contributed by atoms with E-state index >= 15 is 0 Å². The van der Waals surface area contributed by atoms with Crippen LogP contribution in [-0.4, -0.2) is 69.9 Å². The minimum absolute atomic E-state index is 0.169. The van der Waals surface area contributed by atoms with Crippen molar-refractivity contribution in [3.8, 4) is 5.75 Å². The van der Waals surface area contributed by atoms with Crippen LogP contribution in [0.1, 0.15) is 20.3 Å². The van der Waals surface area contributed by atoms with Crippen molar-refractivity contribution in [2.24, 2.45) is 16.3 Å². The smallest absolute Gasteiger partial charge is 0.194 e. The maximum atomic E-state index is 5.93. The summed E-state index contributed by atoms with van der Waals surface area (Å²) in [6.45, 7) is 9.47. The van der Waals surface area contributed by atoms with Crippen LogP contribution in [0.3, 0.4) is 0 Å². The van der Waals surface area contributed by atoms with Gasteiger partial charge in [0.05, 0.1) is 13.2 Å². The zero-order valence-electron chi connectivity index (χ0n) is 16.9. The van der Waals surface area contributed by atoms with Crippen LogP contribution in [0.15, 0.2) is 29.3 Å². The number of anilines is 1. The van der Waals surface area contributed by atoms with Gasteiger partial charge in [-0.3, -0.25) is 4.99 Å². The summed E-state index contributed by atoms with van der Waals surface area (Å²) < 4.78 is 11.2. The molecule has 1 aromatic rings. The van der Waals surface area contributed by atoms with Crippen LogP contribution in [0.2, 0.25) is 0 Å². The second kappa shape index (κ2) is 7.23. The molecule has 6 heteroatoms. The summed E-state index contributed by atoms with van der Waals surface area (Å²) in [5, 5.41) is 3.77. The normalized spacial score (nSPS) is 29.9. The number of guanidine groups is 1. The van der Waals surface area contributed by atoms with Gasteiger partial charge in [-0.25, -0.2) is 0 Å². The fourth-order valence-corrected chi connectivity index (χ4v) is 5.02. The number of hydrogen-bond donors (Lipinski definition) is 1. The SMILES string of the molecule is CN=C(NC1C2CCOC2C1(C)C)N1CCN(c2ccc(OC)cc2)CC1. The highest BCUT2D eigenvalue weighted by molar-refractivity contribution is 5.81. The van der Waals surface area contributed by atoms with Gasteiger partial charge in [-0.15, -0.1) is 0 Å². The first kappa shape index (κ1) is 18.4. The molecule has 3 atom stereocenters. The van der Waals surface area contributed by atoms with Crippen LogP contribution < -0.4 is 15.0 Å². The summed E-state index contributed by atoms with van der Waals surface area (Å²) in [7, 11) is 3.60. The van der Waals surface area contributed by atoms with E-state index in [0.717, 1.165) is 50.9 Å². The molecule has 148 valence electrons. The first-order valence-electron chi connectivity index (χ1n) is 10.0. The largest absolute Gasteiger partial charge is 0.497 e. The number of nitrogens with zero attached hydrogens (tertiary/aromatic N) is 3. The second-order valence-electron chi connectivity index (χ2n) is 8.41. The third-order valence-electron chi connectivity index (χ3n) is 6.61. The van der Waals surface area contributed by atoms with Crippen molar-refractivity contribution in [1.82, 2.24) is 10.2 Å². The van der Waals surface area contributed by atoms with Gasteiger partial charge in [0.15, 0.2) is 5.96 Å². The Bertz CT molecular complexity index is 680. The summed E-state index contributed by atoms with van der Waals surface area (Å²) in [6, 6.07) is 8.78. The number of hydrogen-bond acceptors (Lipinski definition) is 4. The number of piperazine rings is 1. The Morgan fingerprint density at radius 3 is 2.52 bits per heavy atom. The topological polar surface area (TPSA) is 49.3 Å². The molecular weight excluding hydrogens is 340 g/mol. The fourth-order valence-electron chi connectivity index (χ4n) is 5.02. The molecule has 1 saturated carbocycles. The van der Waals surface area contributed by atoms with Crippen molar-refractivity contribution in [2.75, 3.05) is 51.8 Å². The summed E-state index contributed by atoms with van der Waals surface area (Å²) in [6.07, 6.45) is 1.56. The summed E-state index contributed by atoms with van der Waals surface area (Å²) in [5.41, 5.74) is 1.42. The molecule has 2 aliphatic heterocycles. The summed E-state index contributed by atoms with van der Waals surface area (Å²) in [5.74, 6) is 2.56. The quantitative estimate of drug-likeness (QED) is 0.651. The Hall–Kier alpha value is -1.95. The molecule has 0 aromatic heterocycles. The zero-order valence-corrected chi connectivity index (χ0v) is 16.9. The van der Waals surface area contributed by atoms with E-state index in [0.29, 0.717) is 18.1 Å². The van der Waals surface area contributed by atoms with Gasteiger partial charge < -0.3 is 24.6 Å². The Labute approximate surface area is 162 Å². The molecule has 2 heterocycles. The van der Waals surface area contributed by atoms with Crippen LogP contribution in [0, 0.1) is 11.3 Å². The van der Waals surface area contributed by atoms with Crippen LogP contribution in [0.25, 0.3) is 0 Å². The van der Waals surface area contributed by atoms with Crippen LogP contribution in [-0.2, 0) is 4.74 Å². The Balaban J connectivity index is 1.35. The van der Waals surface area contributed by atoms with Gasteiger partial charge in [0.1, 0.15) is 5.75 Å². The van der Waals surface area contributed by atoms with Crippen molar-refractivity contribution >= 4 is 11.6 Å². The molecule has 0 spiro atoms. The third-order valence-corrected chi connectivity index (χ3v) is 6.61. The average Bonchev–Trinajstić information content (AvgIpc) is 3.16. The molecule has 3 aliphatic rings. The molecule has 0 bridgehead atoms. The molecule has 1 N–H and O–H groups in total. The van der Waals surface area contributed by atoms with Gasteiger partial charge in [-0.2, -0.15) is 0 Å².